The Morgan fingerprint density at radius 1 is 1.42 bits per heavy atom. The number of aromatic nitrogens is 1. The molecule has 0 aliphatic heterocycles. The van der Waals surface area contributed by atoms with Crippen molar-refractivity contribution >= 4 is 27.5 Å². The van der Waals surface area contributed by atoms with Crippen LogP contribution in [0, 0.1) is 0 Å². The lowest BCUT2D eigenvalue weighted by Crippen LogP contribution is -2.12. The number of hydrogen-bond acceptors (Lipinski definition) is 4. The van der Waals surface area contributed by atoms with Gasteiger partial charge in [-0.25, -0.2) is 0 Å². The van der Waals surface area contributed by atoms with E-state index in [1.165, 1.54) is 0 Å². The molecule has 1 heterocycles. The summed E-state index contributed by atoms with van der Waals surface area (Å²) in [4.78, 5) is 11.9. The summed E-state index contributed by atoms with van der Waals surface area (Å²) in [5, 5.41) is 7.22. The maximum absolute atomic E-state index is 11.9. The Labute approximate surface area is 119 Å². The highest BCUT2D eigenvalue weighted by Gasteiger charge is 2.12. The third-order valence-corrected chi connectivity index (χ3v) is 3.09. The van der Waals surface area contributed by atoms with Crippen molar-refractivity contribution in [3.63, 3.8) is 0 Å². The predicted octanol–water partition coefficient (Wildman–Crippen LogP) is 2.97. The zero-order chi connectivity index (χ0) is 13.7. The van der Waals surface area contributed by atoms with E-state index < -0.39 is 0 Å². The fourth-order valence-corrected chi connectivity index (χ4v) is 1.88. The summed E-state index contributed by atoms with van der Waals surface area (Å²) in [7, 11) is 1.55. The Bertz CT molecular complexity index is 551. The number of nitrogens with one attached hydrogen (secondary N) is 1. The van der Waals surface area contributed by atoms with Crippen LogP contribution in [-0.4, -0.2) is 18.2 Å². The van der Waals surface area contributed by atoms with Gasteiger partial charge >= 0.3 is 0 Å². The van der Waals surface area contributed by atoms with E-state index in [1.807, 2.05) is 24.3 Å². The SMILES string of the molecule is COCc1cc(C(=O)Nc2ccc(CBr)cc2)no1. The number of rotatable bonds is 5. The molecule has 0 unspecified atom stereocenters. The van der Waals surface area contributed by atoms with Crippen LogP contribution in [0.1, 0.15) is 21.8 Å². The number of carbonyl (C=O) groups is 1. The van der Waals surface area contributed by atoms with Crippen molar-refractivity contribution in [2.24, 2.45) is 0 Å². The molecule has 0 fully saturated rings. The van der Waals surface area contributed by atoms with Gasteiger partial charge in [-0.2, -0.15) is 0 Å². The molecule has 1 N–H and O–H groups in total. The normalized spacial score (nSPS) is 10.4. The van der Waals surface area contributed by atoms with Crippen LogP contribution in [0.25, 0.3) is 0 Å². The number of carbonyl (C=O) groups excluding carboxylic acids is 1. The van der Waals surface area contributed by atoms with Gasteiger partial charge in [-0.15, -0.1) is 0 Å². The lowest BCUT2D eigenvalue weighted by molar-refractivity contribution is 0.101. The maximum Gasteiger partial charge on any atom is 0.277 e. The molecule has 0 spiro atoms. The molecule has 0 radical (unpaired) electrons. The van der Waals surface area contributed by atoms with Gasteiger partial charge < -0.3 is 14.6 Å². The molecule has 2 aromatic rings. The molecular formula is C13H13BrN2O3. The van der Waals surface area contributed by atoms with Crippen LogP contribution in [0.15, 0.2) is 34.9 Å². The van der Waals surface area contributed by atoms with Crippen LogP contribution in [0.2, 0.25) is 0 Å². The molecule has 0 aliphatic rings. The standard InChI is InChI=1S/C13H13BrN2O3/c1-18-8-11-6-12(16-19-11)13(17)15-10-4-2-9(7-14)3-5-10/h2-6H,7-8H2,1H3,(H,15,17). The van der Waals surface area contributed by atoms with Crippen molar-refractivity contribution in [2.75, 3.05) is 12.4 Å². The Hall–Kier alpha value is -1.66. The van der Waals surface area contributed by atoms with Gasteiger partial charge in [0.1, 0.15) is 6.61 Å². The molecule has 1 aromatic carbocycles. The second kappa shape index (κ2) is 6.49. The number of anilines is 1. The number of alkyl halides is 1. The average Bonchev–Trinajstić information content (AvgIpc) is 2.89. The molecule has 19 heavy (non-hydrogen) atoms. The second-order valence-corrected chi connectivity index (χ2v) is 4.46. The lowest BCUT2D eigenvalue weighted by Gasteiger charge is -2.03. The van der Waals surface area contributed by atoms with E-state index in [4.69, 9.17) is 9.26 Å². The van der Waals surface area contributed by atoms with Crippen molar-refractivity contribution in [2.45, 2.75) is 11.9 Å². The van der Waals surface area contributed by atoms with Crippen LogP contribution in [0.3, 0.4) is 0 Å². The molecule has 0 saturated carbocycles. The van der Waals surface area contributed by atoms with Crippen LogP contribution >= 0.6 is 15.9 Å². The number of nitrogens with zero attached hydrogens (tertiary/aromatic N) is 1. The van der Waals surface area contributed by atoms with E-state index in [1.54, 1.807) is 13.2 Å². The summed E-state index contributed by atoms with van der Waals surface area (Å²) in [6.45, 7) is 0.292. The third kappa shape index (κ3) is 3.65. The largest absolute Gasteiger partial charge is 0.377 e. The molecular weight excluding hydrogens is 312 g/mol. The first-order valence-corrected chi connectivity index (χ1v) is 6.76. The van der Waals surface area contributed by atoms with Gasteiger partial charge in [0, 0.05) is 24.2 Å². The average molecular weight is 325 g/mol. The van der Waals surface area contributed by atoms with E-state index in [0.717, 1.165) is 10.9 Å². The number of benzene rings is 1. The minimum absolute atomic E-state index is 0.233. The summed E-state index contributed by atoms with van der Waals surface area (Å²) in [6, 6.07) is 9.11. The Balaban J connectivity index is 2.02. The molecule has 1 aromatic heterocycles. The molecule has 0 saturated heterocycles. The number of halogens is 1. The fraction of sp³-hybridized carbons (Fsp3) is 0.231. The van der Waals surface area contributed by atoms with E-state index in [2.05, 4.69) is 26.4 Å². The monoisotopic (exact) mass is 324 g/mol. The van der Waals surface area contributed by atoms with Gasteiger partial charge in [-0.1, -0.05) is 33.2 Å². The van der Waals surface area contributed by atoms with Crippen molar-refractivity contribution in [3.8, 4) is 0 Å². The lowest BCUT2D eigenvalue weighted by atomic mass is 10.2. The molecule has 5 nitrogen and oxygen atoms in total. The molecule has 2 rings (SSSR count). The van der Waals surface area contributed by atoms with Gasteiger partial charge in [0.2, 0.25) is 0 Å². The molecule has 100 valence electrons. The number of ether oxygens (including phenoxy) is 1. The first-order valence-electron chi connectivity index (χ1n) is 5.63. The van der Waals surface area contributed by atoms with Crippen LogP contribution < -0.4 is 5.32 Å². The molecule has 1 amide bonds. The first-order chi connectivity index (χ1) is 9.22. The van der Waals surface area contributed by atoms with E-state index >= 15 is 0 Å². The van der Waals surface area contributed by atoms with Gasteiger partial charge in [0.25, 0.3) is 5.91 Å². The van der Waals surface area contributed by atoms with Gasteiger partial charge in [-0.05, 0) is 17.7 Å². The predicted molar refractivity (Wildman–Crippen MR) is 74.2 cm³/mol. The van der Waals surface area contributed by atoms with Crippen molar-refractivity contribution < 1.29 is 14.1 Å². The smallest absolute Gasteiger partial charge is 0.277 e. The number of hydrogen-bond donors (Lipinski definition) is 1. The van der Waals surface area contributed by atoms with Gasteiger partial charge in [0.15, 0.2) is 11.5 Å². The quantitative estimate of drug-likeness (QED) is 0.859. The molecule has 0 atom stereocenters. The number of methoxy groups -OCH3 is 1. The summed E-state index contributed by atoms with van der Waals surface area (Å²) in [6.07, 6.45) is 0. The van der Waals surface area contributed by atoms with Gasteiger partial charge in [0.05, 0.1) is 0 Å². The zero-order valence-electron chi connectivity index (χ0n) is 10.4. The summed E-state index contributed by atoms with van der Waals surface area (Å²) in [5.41, 5.74) is 2.09. The van der Waals surface area contributed by atoms with Crippen molar-refractivity contribution in [3.05, 3.63) is 47.3 Å². The molecule has 6 heteroatoms. The van der Waals surface area contributed by atoms with Crippen LogP contribution in [-0.2, 0) is 16.7 Å². The topological polar surface area (TPSA) is 64.4 Å². The summed E-state index contributed by atoms with van der Waals surface area (Å²) >= 11 is 3.37. The molecule has 0 aliphatic carbocycles. The fourth-order valence-electron chi connectivity index (χ4n) is 1.50. The van der Waals surface area contributed by atoms with E-state index in [0.29, 0.717) is 18.1 Å². The molecule has 0 bridgehead atoms. The Morgan fingerprint density at radius 2 is 2.16 bits per heavy atom. The van der Waals surface area contributed by atoms with Crippen molar-refractivity contribution in [1.82, 2.24) is 5.16 Å². The highest BCUT2D eigenvalue weighted by molar-refractivity contribution is 9.08. The highest BCUT2D eigenvalue weighted by Crippen LogP contribution is 2.13. The van der Waals surface area contributed by atoms with Crippen molar-refractivity contribution in [1.29, 1.82) is 0 Å². The third-order valence-electron chi connectivity index (χ3n) is 2.44. The highest BCUT2D eigenvalue weighted by atomic mass is 79.9. The maximum atomic E-state index is 11.9. The Morgan fingerprint density at radius 3 is 2.79 bits per heavy atom. The summed E-state index contributed by atoms with van der Waals surface area (Å²) < 4.78 is 9.85. The summed E-state index contributed by atoms with van der Waals surface area (Å²) in [5.74, 6) is 0.208. The minimum Gasteiger partial charge on any atom is -0.377 e. The van der Waals surface area contributed by atoms with Gasteiger partial charge in [-0.3, -0.25) is 4.79 Å². The minimum atomic E-state index is -0.308. The zero-order valence-corrected chi connectivity index (χ0v) is 11.9. The Kier molecular flexibility index (Phi) is 4.70. The first kappa shape index (κ1) is 13.8. The second-order valence-electron chi connectivity index (χ2n) is 3.90. The number of amides is 1. The van der Waals surface area contributed by atoms with Crippen LogP contribution in [0.5, 0.6) is 0 Å². The van der Waals surface area contributed by atoms with E-state index in [-0.39, 0.29) is 11.6 Å². The van der Waals surface area contributed by atoms with E-state index in [9.17, 15) is 4.79 Å². The van der Waals surface area contributed by atoms with Crippen LogP contribution in [0.4, 0.5) is 5.69 Å².